The molecule has 0 unspecified atom stereocenters. The second kappa shape index (κ2) is 8.68. The topological polar surface area (TPSA) is 130 Å². The van der Waals surface area contributed by atoms with Gasteiger partial charge < -0.3 is 25.6 Å². The van der Waals surface area contributed by atoms with Gasteiger partial charge in [0, 0.05) is 13.0 Å². The third-order valence-electron chi connectivity index (χ3n) is 2.84. The summed E-state index contributed by atoms with van der Waals surface area (Å²) in [5.74, 6) is -1.84. The first-order valence-corrected chi connectivity index (χ1v) is 6.52. The van der Waals surface area contributed by atoms with Gasteiger partial charge in [-0.2, -0.15) is 5.26 Å². The van der Waals surface area contributed by atoms with Crippen LogP contribution in [-0.2, 0) is 9.59 Å². The van der Waals surface area contributed by atoms with Crippen LogP contribution in [0.25, 0.3) is 0 Å². The van der Waals surface area contributed by atoms with Gasteiger partial charge in [0.25, 0.3) is 0 Å². The maximum absolute atomic E-state index is 11.8. The maximum atomic E-state index is 11.8. The first-order chi connectivity index (χ1) is 10.1. The van der Waals surface area contributed by atoms with Gasteiger partial charge >= 0.3 is 0 Å². The Labute approximate surface area is 122 Å². The highest BCUT2D eigenvalue weighted by atomic mass is 16.4. The Morgan fingerprint density at radius 3 is 2.76 bits per heavy atom. The summed E-state index contributed by atoms with van der Waals surface area (Å²) in [5.41, 5.74) is 0.651. The number of para-hydroxylation sites is 1. The van der Waals surface area contributed by atoms with Gasteiger partial charge in [0.15, 0.2) is 0 Å². The first-order valence-electron chi connectivity index (χ1n) is 6.52. The van der Waals surface area contributed by atoms with Crippen LogP contribution in [0.1, 0.15) is 18.4 Å². The molecule has 7 heteroatoms. The number of benzene rings is 1. The molecule has 1 amide bonds. The van der Waals surface area contributed by atoms with Gasteiger partial charge in [-0.15, -0.1) is 0 Å². The number of carbonyl (C=O) groups is 2. The van der Waals surface area contributed by atoms with Gasteiger partial charge in [0.05, 0.1) is 30.2 Å². The summed E-state index contributed by atoms with van der Waals surface area (Å²) < 4.78 is 0. The highest BCUT2D eigenvalue weighted by Crippen LogP contribution is 2.13. The normalized spacial score (nSPS) is 11.4. The van der Waals surface area contributed by atoms with E-state index in [-0.39, 0.29) is 13.0 Å². The second-order valence-corrected chi connectivity index (χ2v) is 4.44. The molecule has 0 bridgehead atoms. The number of nitriles is 1. The fraction of sp³-hybridized carbons (Fsp3) is 0.357. The zero-order valence-electron chi connectivity index (χ0n) is 11.4. The number of hydrogen-bond acceptors (Lipinski definition) is 5. The monoisotopic (exact) mass is 291 g/mol. The fourth-order valence-corrected chi connectivity index (χ4v) is 1.76. The number of aliphatic hydroxyl groups is 1. The van der Waals surface area contributed by atoms with Crippen LogP contribution in [0, 0.1) is 11.3 Å². The lowest BCUT2D eigenvalue weighted by atomic mass is 10.1. The molecular formula is C14H17N3O4. The molecule has 1 atom stereocenters. The number of quaternary nitrogens is 1. The summed E-state index contributed by atoms with van der Waals surface area (Å²) in [4.78, 5) is 22.8. The Balaban J connectivity index is 2.62. The van der Waals surface area contributed by atoms with E-state index in [0.29, 0.717) is 24.2 Å². The van der Waals surface area contributed by atoms with Crippen LogP contribution in [0.2, 0.25) is 0 Å². The number of amides is 1. The summed E-state index contributed by atoms with van der Waals surface area (Å²) in [6.07, 6.45) is 0.163. The molecule has 0 aliphatic rings. The molecule has 1 aromatic rings. The molecule has 1 rings (SSSR count). The molecule has 0 aliphatic heterocycles. The summed E-state index contributed by atoms with van der Waals surface area (Å²) in [6, 6.07) is 7.38. The highest BCUT2D eigenvalue weighted by molar-refractivity contribution is 5.94. The molecule has 0 aromatic heterocycles. The van der Waals surface area contributed by atoms with Crippen LogP contribution in [-0.4, -0.2) is 36.2 Å². The largest absolute Gasteiger partial charge is 0.544 e. The molecule has 0 saturated heterocycles. The molecule has 0 fully saturated rings. The summed E-state index contributed by atoms with van der Waals surface area (Å²) >= 11 is 0. The molecule has 21 heavy (non-hydrogen) atoms. The average molecular weight is 291 g/mol. The molecule has 0 heterocycles. The molecule has 0 saturated carbocycles. The third kappa shape index (κ3) is 5.60. The number of carboxylic acids is 1. The smallest absolute Gasteiger partial charge is 0.230 e. The van der Waals surface area contributed by atoms with E-state index in [1.54, 1.807) is 24.3 Å². The molecule has 1 aromatic carbocycles. The average Bonchev–Trinajstić information content (AvgIpc) is 2.46. The van der Waals surface area contributed by atoms with Crippen molar-refractivity contribution in [1.29, 1.82) is 5.26 Å². The van der Waals surface area contributed by atoms with Crippen molar-refractivity contribution in [3.8, 4) is 6.07 Å². The van der Waals surface area contributed by atoms with Crippen LogP contribution in [0.15, 0.2) is 24.3 Å². The van der Waals surface area contributed by atoms with Crippen LogP contribution in [0.3, 0.4) is 0 Å². The number of carbonyl (C=O) groups excluding carboxylic acids is 2. The summed E-state index contributed by atoms with van der Waals surface area (Å²) in [7, 11) is 0. The van der Waals surface area contributed by atoms with Gasteiger partial charge in [-0.05, 0) is 12.1 Å². The molecule has 0 radical (unpaired) electrons. The van der Waals surface area contributed by atoms with E-state index in [0.717, 1.165) is 0 Å². The molecule has 7 nitrogen and oxygen atoms in total. The number of anilines is 1. The summed E-state index contributed by atoms with van der Waals surface area (Å²) in [5, 5.41) is 32.5. The zero-order valence-corrected chi connectivity index (χ0v) is 11.4. The van der Waals surface area contributed by atoms with Gasteiger partial charge in [-0.1, -0.05) is 12.1 Å². The van der Waals surface area contributed by atoms with Crippen molar-refractivity contribution in [2.24, 2.45) is 0 Å². The van der Waals surface area contributed by atoms with E-state index in [1.165, 1.54) is 5.32 Å². The number of nitrogens with zero attached hydrogens (tertiary/aromatic N) is 1. The molecule has 112 valence electrons. The van der Waals surface area contributed by atoms with Gasteiger partial charge in [0.2, 0.25) is 5.91 Å². The number of nitrogens with two attached hydrogens (primary N) is 1. The van der Waals surface area contributed by atoms with E-state index in [9.17, 15) is 14.7 Å². The minimum Gasteiger partial charge on any atom is -0.544 e. The lowest BCUT2D eigenvalue weighted by molar-refractivity contribution is -0.682. The Morgan fingerprint density at radius 2 is 2.14 bits per heavy atom. The van der Waals surface area contributed by atoms with Crippen molar-refractivity contribution >= 4 is 17.6 Å². The number of aliphatic hydroxyl groups excluding tert-OH is 1. The van der Waals surface area contributed by atoms with Crippen molar-refractivity contribution in [3.05, 3.63) is 29.8 Å². The van der Waals surface area contributed by atoms with Crippen LogP contribution in [0.5, 0.6) is 0 Å². The van der Waals surface area contributed by atoms with E-state index in [1.807, 2.05) is 6.07 Å². The predicted molar refractivity (Wildman–Crippen MR) is 71.7 cm³/mol. The quantitative estimate of drug-likeness (QED) is 0.475. The number of hydrogen-bond donors (Lipinski definition) is 3. The van der Waals surface area contributed by atoms with E-state index in [2.05, 4.69) is 5.32 Å². The van der Waals surface area contributed by atoms with Crippen molar-refractivity contribution in [2.45, 2.75) is 18.9 Å². The zero-order chi connectivity index (χ0) is 15.7. The van der Waals surface area contributed by atoms with Gasteiger partial charge in [0.1, 0.15) is 12.1 Å². The first kappa shape index (κ1) is 16.6. The Bertz CT molecular complexity index is 539. The van der Waals surface area contributed by atoms with Crippen LogP contribution < -0.4 is 15.7 Å². The standard InChI is InChI=1S/C14H17N3O4/c15-9-10-4-1-2-5-11(10)17-13(19)8-12(14(20)21)16-6-3-7-18/h1-2,4-5,12,16,18H,3,6-8H2,(H,17,19)(H,20,21)/t12-/m0/s1. The highest BCUT2D eigenvalue weighted by Gasteiger charge is 2.18. The van der Waals surface area contributed by atoms with Crippen molar-refractivity contribution < 1.29 is 25.1 Å². The van der Waals surface area contributed by atoms with E-state index < -0.39 is 17.9 Å². The SMILES string of the molecule is N#Cc1ccccc1NC(=O)C[C@H]([NH2+]CCCO)C(=O)[O-]. The Hall–Kier alpha value is -2.43. The van der Waals surface area contributed by atoms with Gasteiger partial charge in [-0.25, -0.2) is 0 Å². The lowest BCUT2D eigenvalue weighted by Crippen LogP contribution is -2.93. The summed E-state index contributed by atoms with van der Waals surface area (Å²) in [6.45, 7) is 0.342. The molecular weight excluding hydrogens is 274 g/mol. The number of rotatable bonds is 8. The van der Waals surface area contributed by atoms with Crippen LogP contribution >= 0.6 is 0 Å². The Morgan fingerprint density at radius 1 is 1.43 bits per heavy atom. The minimum absolute atomic E-state index is 0.0436. The minimum atomic E-state index is -1.34. The predicted octanol–water partition coefficient (Wildman–Crippen LogP) is -2.05. The van der Waals surface area contributed by atoms with Crippen molar-refractivity contribution in [2.75, 3.05) is 18.5 Å². The second-order valence-electron chi connectivity index (χ2n) is 4.44. The Kier molecular flexibility index (Phi) is 6.87. The van der Waals surface area contributed by atoms with Crippen LogP contribution in [0.4, 0.5) is 5.69 Å². The molecule has 4 N–H and O–H groups in total. The molecule has 0 aliphatic carbocycles. The van der Waals surface area contributed by atoms with E-state index in [4.69, 9.17) is 10.4 Å². The molecule has 0 spiro atoms. The van der Waals surface area contributed by atoms with Crippen molar-refractivity contribution in [3.63, 3.8) is 0 Å². The number of carboxylic acid groups (broad SMARTS) is 1. The number of aliphatic carboxylic acids is 1. The number of nitrogens with one attached hydrogen (secondary N) is 1. The maximum Gasteiger partial charge on any atom is 0.230 e. The lowest BCUT2D eigenvalue weighted by Gasteiger charge is -2.16. The third-order valence-corrected chi connectivity index (χ3v) is 2.84. The fourth-order valence-electron chi connectivity index (χ4n) is 1.76. The van der Waals surface area contributed by atoms with Crippen molar-refractivity contribution in [1.82, 2.24) is 0 Å². The van der Waals surface area contributed by atoms with Gasteiger partial charge in [-0.3, -0.25) is 4.79 Å². The van der Waals surface area contributed by atoms with E-state index >= 15 is 0 Å².